The van der Waals surface area contributed by atoms with E-state index in [9.17, 15) is 9.18 Å². The van der Waals surface area contributed by atoms with E-state index >= 15 is 0 Å². The summed E-state index contributed by atoms with van der Waals surface area (Å²) in [6, 6.07) is 11.8. The minimum Gasteiger partial charge on any atom is -0.378 e. The van der Waals surface area contributed by atoms with E-state index in [1.165, 1.54) is 11.0 Å². The number of carbonyl (C=O) groups is 1. The van der Waals surface area contributed by atoms with E-state index in [1.54, 1.807) is 25.2 Å². The third-order valence-electron chi connectivity index (χ3n) is 3.41. The molecule has 0 saturated carbocycles. The number of benzene rings is 2. The zero-order valence-electron chi connectivity index (χ0n) is 12.8. The highest BCUT2D eigenvalue weighted by Gasteiger charge is 2.16. The lowest BCUT2D eigenvalue weighted by Crippen LogP contribution is -2.27. The highest BCUT2D eigenvalue weighted by molar-refractivity contribution is 6.31. The Bertz CT molecular complexity index is 668. The first-order chi connectivity index (χ1) is 10.4. The predicted octanol–water partition coefficient (Wildman–Crippen LogP) is 3.82. The van der Waals surface area contributed by atoms with E-state index in [4.69, 9.17) is 11.6 Å². The van der Waals surface area contributed by atoms with Gasteiger partial charge >= 0.3 is 0 Å². The first-order valence-corrected chi connectivity index (χ1v) is 7.23. The molecule has 0 aliphatic rings. The summed E-state index contributed by atoms with van der Waals surface area (Å²) in [6.45, 7) is 0.122. The quantitative estimate of drug-likeness (QED) is 0.855. The number of carbonyl (C=O) groups excluding carboxylic acids is 1. The molecule has 2 aromatic rings. The monoisotopic (exact) mass is 320 g/mol. The second kappa shape index (κ2) is 6.79. The van der Waals surface area contributed by atoms with Gasteiger partial charge in [0.15, 0.2) is 0 Å². The van der Waals surface area contributed by atoms with Crippen molar-refractivity contribution in [1.82, 2.24) is 4.90 Å². The van der Waals surface area contributed by atoms with Gasteiger partial charge in [-0.3, -0.25) is 4.79 Å². The minimum atomic E-state index is -0.408. The van der Waals surface area contributed by atoms with Gasteiger partial charge in [0.1, 0.15) is 5.82 Å². The number of hydrogen-bond donors (Lipinski definition) is 0. The van der Waals surface area contributed by atoms with Gasteiger partial charge in [-0.2, -0.15) is 0 Å². The molecule has 22 heavy (non-hydrogen) atoms. The second-order valence-corrected chi connectivity index (χ2v) is 5.71. The molecule has 1 amide bonds. The first kappa shape index (κ1) is 16.3. The molecule has 0 atom stereocenters. The summed E-state index contributed by atoms with van der Waals surface area (Å²) in [5.74, 6) is -0.586. The van der Waals surface area contributed by atoms with Crippen molar-refractivity contribution in [2.24, 2.45) is 0 Å². The normalized spacial score (nSPS) is 10.4. The van der Waals surface area contributed by atoms with E-state index in [0.29, 0.717) is 16.1 Å². The van der Waals surface area contributed by atoms with Crippen LogP contribution in [0.3, 0.4) is 0 Å². The average molecular weight is 321 g/mol. The minimum absolute atomic E-state index is 0.122. The summed E-state index contributed by atoms with van der Waals surface area (Å²) in [7, 11) is 5.45. The summed E-state index contributed by atoms with van der Waals surface area (Å²) < 4.78 is 13.8. The van der Waals surface area contributed by atoms with Crippen LogP contribution >= 0.6 is 11.6 Å². The lowest BCUT2D eigenvalue weighted by atomic mass is 10.1. The fourth-order valence-electron chi connectivity index (χ4n) is 2.13. The third-order valence-corrected chi connectivity index (χ3v) is 3.77. The van der Waals surface area contributed by atoms with Crippen molar-refractivity contribution in [3.8, 4) is 0 Å². The van der Waals surface area contributed by atoms with Gasteiger partial charge in [-0.05, 0) is 30.3 Å². The van der Waals surface area contributed by atoms with Crippen molar-refractivity contribution in [3.63, 3.8) is 0 Å². The summed E-state index contributed by atoms with van der Waals surface area (Å²) in [4.78, 5) is 15.9. The molecule has 0 N–H and O–H groups in total. The van der Waals surface area contributed by atoms with Gasteiger partial charge in [0.05, 0.1) is 0 Å². The highest BCUT2D eigenvalue weighted by Crippen LogP contribution is 2.21. The summed E-state index contributed by atoms with van der Waals surface area (Å²) in [6.07, 6.45) is 0. The van der Waals surface area contributed by atoms with Crippen LogP contribution in [0.1, 0.15) is 15.9 Å². The number of rotatable bonds is 4. The van der Waals surface area contributed by atoms with Crippen LogP contribution in [-0.4, -0.2) is 32.0 Å². The topological polar surface area (TPSA) is 23.6 Å². The molecule has 3 nitrogen and oxygen atoms in total. The first-order valence-electron chi connectivity index (χ1n) is 6.86. The Hall–Kier alpha value is -2.07. The summed E-state index contributed by atoms with van der Waals surface area (Å²) >= 11 is 6.01. The molecule has 5 heteroatoms. The molecule has 0 aliphatic carbocycles. The average Bonchev–Trinajstić information content (AvgIpc) is 2.50. The number of anilines is 1. The molecule has 2 rings (SSSR count). The fourth-order valence-corrected chi connectivity index (χ4v) is 2.35. The lowest BCUT2D eigenvalue weighted by molar-refractivity contribution is 0.0784. The predicted molar refractivity (Wildman–Crippen MR) is 88.0 cm³/mol. The van der Waals surface area contributed by atoms with Crippen LogP contribution in [0, 0.1) is 5.82 Å². The largest absolute Gasteiger partial charge is 0.378 e. The van der Waals surface area contributed by atoms with E-state index in [-0.39, 0.29) is 12.5 Å². The molecule has 0 heterocycles. The van der Waals surface area contributed by atoms with E-state index in [1.807, 2.05) is 37.2 Å². The zero-order chi connectivity index (χ0) is 16.3. The van der Waals surface area contributed by atoms with Crippen LogP contribution in [0.2, 0.25) is 5.02 Å². The van der Waals surface area contributed by atoms with Gasteiger partial charge in [-0.25, -0.2) is 4.39 Å². The standard InChI is InChI=1S/C17H18ClFN2O/c1-20(2)13-7-4-6-12(10-13)17(22)21(3)11-14-15(18)8-5-9-16(14)19/h4-10H,11H2,1-3H3. The molecule has 0 bridgehead atoms. The Balaban J connectivity index is 2.21. The molecular formula is C17H18ClFN2O. The number of halogens is 2. The van der Waals surface area contributed by atoms with Crippen LogP contribution in [0.5, 0.6) is 0 Å². The maximum atomic E-state index is 13.8. The number of amides is 1. The van der Waals surface area contributed by atoms with Gasteiger partial charge in [0.2, 0.25) is 0 Å². The van der Waals surface area contributed by atoms with Crippen LogP contribution in [-0.2, 0) is 6.54 Å². The summed E-state index contributed by atoms with van der Waals surface area (Å²) in [5, 5.41) is 0.321. The molecular weight excluding hydrogens is 303 g/mol. The van der Waals surface area contributed by atoms with E-state index in [0.717, 1.165) is 5.69 Å². The lowest BCUT2D eigenvalue weighted by Gasteiger charge is -2.20. The molecule has 116 valence electrons. The second-order valence-electron chi connectivity index (χ2n) is 5.31. The molecule has 0 spiro atoms. The Kier molecular flexibility index (Phi) is 5.03. The number of nitrogens with zero attached hydrogens (tertiary/aromatic N) is 2. The van der Waals surface area contributed by atoms with Crippen LogP contribution < -0.4 is 4.90 Å². The van der Waals surface area contributed by atoms with Gasteiger partial charge in [0.25, 0.3) is 5.91 Å². The summed E-state index contributed by atoms with van der Waals surface area (Å²) in [5.41, 5.74) is 1.81. The number of hydrogen-bond acceptors (Lipinski definition) is 2. The smallest absolute Gasteiger partial charge is 0.253 e. The van der Waals surface area contributed by atoms with Gasteiger partial charge in [-0.1, -0.05) is 23.7 Å². The van der Waals surface area contributed by atoms with Gasteiger partial charge in [0, 0.05) is 49.5 Å². The zero-order valence-corrected chi connectivity index (χ0v) is 13.6. The SMILES string of the molecule is CN(Cc1c(F)cccc1Cl)C(=O)c1cccc(N(C)C)c1. The Morgan fingerprint density at radius 2 is 1.82 bits per heavy atom. The maximum Gasteiger partial charge on any atom is 0.253 e. The third kappa shape index (κ3) is 3.57. The van der Waals surface area contributed by atoms with Crippen LogP contribution in [0.15, 0.2) is 42.5 Å². The van der Waals surface area contributed by atoms with Crippen molar-refractivity contribution < 1.29 is 9.18 Å². The molecule has 2 aromatic carbocycles. The molecule has 0 unspecified atom stereocenters. The van der Waals surface area contributed by atoms with E-state index in [2.05, 4.69) is 0 Å². The molecule has 0 aliphatic heterocycles. The van der Waals surface area contributed by atoms with Crippen LogP contribution in [0.4, 0.5) is 10.1 Å². The highest BCUT2D eigenvalue weighted by atomic mass is 35.5. The fraction of sp³-hybridized carbons (Fsp3) is 0.235. The van der Waals surface area contributed by atoms with Gasteiger partial charge in [-0.15, -0.1) is 0 Å². The van der Waals surface area contributed by atoms with Crippen molar-refractivity contribution in [2.45, 2.75) is 6.54 Å². The Morgan fingerprint density at radius 3 is 2.45 bits per heavy atom. The van der Waals surface area contributed by atoms with Crippen molar-refractivity contribution in [2.75, 3.05) is 26.0 Å². The maximum absolute atomic E-state index is 13.8. The molecule has 0 radical (unpaired) electrons. The molecule has 0 saturated heterocycles. The van der Waals surface area contributed by atoms with E-state index < -0.39 is 5.82 Å². The van der Waals surface area contributed by atoms with Crippen molar-refractivity contribution in [3.05, 3.63) is 64.4 Å². The van der Waals surface area contributed by atoms with Gasteiger partial charge < -0.3 is 9.80 Å². The molecule has 0 aromatic heterocycles. The van der Waals surface area contributed by atoms with Crippen LogP contribution in [0.25, 0.3) is 0 Å². The molecule has 0 fully saturated rings. The Morgan fingerprint density at radius 1 is 1.14 bits per heavy atom. The Labute approximate surface area is 134 Å². The van der Waals surface area contributed by atoms with Crippen molar-refractivity contribution in [1.29, 1.82) is 0 Å². The van der Waals surface area contributed by atoms with Crippen molar-refractivity contribution >= 4 is 23.2 Å².